The molecule has 2 unspecified atom stereocenters. The van der Waals surface area contributed by atoms with Crippen LogP contribution in [0.25, 0.3) is 0 Å². The van der Waals surface area contributed by atoms with Crippen molar-refractivity contribution >= 4 is 50.1 Å². The maximum absolute atomic E-state index is 12.9. The lowest BCUT2D eigenvalue weighted by Crippen LogP contribution is -2.42. The van der Waals surface area contributed by atoms with Crippen molar-refractivity contribution in [1.29, 1.82) is 0 Å². The van der Waals surface area contributed by atoms with Crippen LogP contribution in [0.4, 0.5) is 5.69 Å². The Morgan fingerprint density at radius 1 is 1.38 bits per heavy atom. The molecule has 1 aromatic carbocycles. The summed E-state index contributed by atoms with van der Waals surface area (Å²) < 4.78 is 28.4. The Morgan fingerprint density at radius 3 is 2.96 bits per heavy atom. The molecule has 0 aliphatic carbocycles. The maximum Gasteiger partial charge on any atom is 0.257 e. The van der Waals surface area contributed by atoms with Gasteiger partial charge < -0.3 is 9.80 Å². The Balaban J connectivity index is 1.54. The summed E-state index contributed by atoms with van der Waals surface area (Å²) in [4.78, 5) is 19.1. The van der Waals surface area contributed by atoms with E-state index < -0.39 is 20.9 Å². The largest absolute Gasteiger partial charge is 0.338 e. The zero-order valence-electron chi connectivity index (χ0n) is 13.9. The van der Waals surface area contributed by atoms with Crippen molar-refractivity contribution in [3.8, 4) is 0 Å². The van der Waals surface area contributed by atoms with Gasteiger partial charge in [-0.3, -0.25) is 9.52 Å². The summed E-state index contributed by atoms with van der Waals surface area (Å²) >= 11 is 7.51. The van der Waals surface area contributed by atoms with Gasteiger partial charge in [0.1, 0.15) is 0 Å². The molecule has 1 amide bonds. The fourth-order valence-electron chi connectivity index (χ4n) is 3.28. The molecule has 0 bridgehead atoms. The lowest BCUT2D eigenvalue weighted by atomic mass is 9.99. The number of benzene rings is 1. The van der Waals surface area contributed by atoms with E-state index in [0.717, 1.165) is 11.1 Å². The summed E-state index contributed by atoms with van der Waals surface area (Å²) in [7, 11) is -3.77. The van der Waals surface area contributed by atoms with Crippen LogP contribution in [0.5, 0.6) is 0 Å². The SMILES string of the molecule is CC(=O)N1CCc2cc(NS(=O)(=O)C3C(Cl)N=C4SC=CN43)ccc2C1. The zero-order valence-corrected chi connectivity index (χ0v) is 16.3. The summed E-state index contributed by atoms with van der Waals surface area (Å²) in [5.41, 5.74) is 1.72. The number of hydrogen-bond donors (Lipinski definition) is 1. The number of sulfonamides is 1. The Bertz CT molecular complexity index is 931. The minimum absolute atomic E-state index is 0.0437. The number of fused-ring (bicyclic) bond motifs is 2. The molecule has 0 fully saturated rings. The average Bonchev–Trinajstić information content (AvgIpc) is 3.13. The van der Waals surface area contributed by atoms with Crippen LogP contribution < -0.4 is 4.72 Å². The number of rotatable bonds is 3. The molecule has 1 aromatic rings. The number of nitrogens with zero attached hydrogens (tertiary/aromatic N) is 3. The number of aliphatic imine (C=N–C) groups is 1. The highest BCUT2D eigenvalue weighted by atomic mass is 35.5. The molecule has 0 saturated carbocycles. The number of carbonyl (C=O) groups excluding carboxylic acids is 1. The predicted octanol–water partition coefficient (Wildman–Crippen LogP) is 2.11. The van der Waals surface area contributed by atoms with E-state index in [1.165, 1.54) is 11.8 Å². The first kappa shape index (κ1) is 17.7. The van der Waals surface area contributed by atoms with Crippen molar-refractivity contribution in [3.63, 3.8) is 0 Å². The van der Waals surface area contributed by atoms with Gasteiger partial charge >= 0.3 is 0 Å². The normalized spacial score (nSPS) is 24.3. The van der Waals surface area contributed by atoms with E-state index in [0.29, 0.717) is 30.4 Å². The van der Waals surface area contributed by atoms with Crippen LogP contribution >= 0.6 is 23.4 Å². The Morgan fingerprint density at radius 2 is 2.19 bits per heavy atom. The molecular weight excluding hydrogens is 396 g/mol. The van der Waals surface area contributed by atoms with E-state index in [1.54, 1.807) is 34.4 Å². The first-order chi connectivity index (χ1) is 12.3. The molecule has 7 nitrogen and oxygen atoms in total. The molecule has 4 rings (SSSR count). The van der Waals surface area contributed by atoms with Crippen molar-refractivity contribution in [2.24, 2.45) is 4.99 Å². The number of alkyl halides is 1. The summed E-state index contributed by atoms with van der Waals surface area (Å²) in [6.07, 6.45) is 2.38. The van der Waals surface area contributed by atoms with Crippen LogP contribution in [0.2, 0.25) is 0 Å². The highest BCUT2D eigenvalue weighted by Crippen LogP contribution is 2.35. The molecule has 0 aromatic heterocycles. The quantitative estimate of drug-likeness (QED) is 0.607. The van der Waals surface area contributed by atoms with Crippen molar-refractivity contribution in [3.05, 3.63) is 40.9 Å². The molecule has 3 aliphatic rings. The van der Waals surface area contributed by atoms with Gasteiger partial charge in [0.2, 0.25) is 5.91 Å². The topological polar surface area (TPSA) is 82.1 Å². The van der Waals surface area contributed by atoms with Gasteiger partial charge in [0, 0.05) is 31.9 Å². The fraction of sp³-hybridized carbons (Fsp3) is 0.375. The van der Waals surface area contributed by atoms with Crippen LogP contribution in [0.15, 0.2) is 34.8 Å². The Hall–Kier alpha value is -1.71. The summed E-state index contributed by atoms with van der Waals surface area (Å²) in [6.45, 7) is 2.74. The van der Waals surface area contributed by atoms with Gasteiger partial charge in [-0.15, -0.1) is 0 Å². The van der Waals surface area contributed by atoms with Gasteiger partial charge in [-0.25, -0.2) is 13.4 Å². The third kappa shape index (κ3) is 3.08. The maximum atomic E-state index is 12.9. The molecule has 0 radical (unpaired) electrons. The van der Waals surface area contributed by atoms with Crippen LogP contribution in [0, 0.1) is 0 Å². The standard InChI is InChI=1S/C16H17ClN4O3S2/c1-10(22)20-5-4-11-8-13(3-2-12(11)9-20)19-26(23,24)15-14(17)18-16-21(15)6-7-25-16/h2-3,6-8,14-15,19H,4-5,9H2,1H3. The minimum Gasteiger partial charge on any atom is -0.338 e. The highest BCUT2D eigenvalue weighted by molar-refractivity contribution is 8.16. The van der Waals surface area contributed by atoms with E-state index >= 15 is 0 Å². The summed E-state index contributed by atoms with van der Waals surface area (Å²) in [5, 5.41) is 1.40. The van der Waals surface area contributed by atoms with E-state index in [2.05, 4.69) is 9.71 Å². The Kier molecular flexibility index (Phi) is 4.40. The van der Waals surface area contributed by atoms with Crippen LogP contribution in [-0.2, 0) is 27.8 Å². The second kappa shape index (κ2) is 6.47. The fourth-order valence-corrected chi connectivity index (χ4v) is 6.21. The van der Waals surface area contributed by atoms with Gasteiger partial charge in [-0.2, -0.15) is 0 Å². The summed E-state index contributed by atoms with van der Waals surface area (Å²) in [6, 6.07) is 5.41. The van der Waals surface area contributed by atoms with E-state index in [9.17, 15) is 13.2 Å². The number of nitrogens with one attached hydrogen (secondary N) is 1. The Labute approximate surface area is 161 Å². The van der Waals surface area contributed by atoms with Crippen LogP contribution in [-0.4, -0.2) is 46.7 Å². The molecule has 3 aliphatic heterocycles. The van der Waals surface area contributed by atoms with Crippen LogP contribution in [0.1, 0.15) is 18.1 Å². The van der Waals surface area contributed by atoms with Crippen LogP contribution in [0.3, 0.4) is 0 Å². The number of amidine groups is 1. The van der Waals surface area contributed by atoms with E-state index in [1.807, 2.05) is 12.1 Å². The molecule has 2 atom stereocenters. The number of halogens is 1. The van der Waals surface area contributed by atoms with E-state index in [4.69, 9.17) is 11.6 Å². The van der Waals surface area contributed by atoms with E-state index in [-0.39, 0.29) is 5.91 Å². The van der Waals surface area contributed by atoms with Gasteiger partial charge in [-0.05, 0) is 35.1 Å². The van der Waals surface area contributed by atoms with Crippen molar-refractivity contribution < 1.29 is 13.2 Å². The molecule has 1 N–H and O–H groups in total. The number of thioether (sulfide) groups is 1. The second-order valence-corrected chi connectivity index (χ2v) is 9.40. The molecule has 3 heterocycles. The van der Waals surface area contributed by atoms with Crippen molar-refractivity contribution in [2.45, 2.75) is 30.8 Å². The monoisotopic (exact) mass is 412 g/mol. The van der Waals surface area contributed by atoms with Gasteiger partial charge in [0.25, 0.3) is 10.0 Å². The smallest absolute Gasteiger partial charge is 0.257 e. The van der Waals surface area contributed by atoms with Gasteiger partial charge in [0.15, 0.2) is 16.0 Å². The zero-order chi connectivity index (χ0) is 18.5. The molecule has 10 heteroatoms. The number of hydrogen-bond acceptors (Lipinski definition) is 6. The first-order valence-electron chi connectivity index (χ1n) is 8.08. The molecule has 0 saturated heterocycles. The average molecular weight is 413 g/mol. The van der Waals surface area contributed by atoms with Gasteiger partial charge in [0.05, 0.1) is 0 Å². The molecule has 138 valence electrons. The molecule has 0 spiro atoms. The van der Waals surface area contributed by atoms with Gasteiger partial charge in [-0.1, -0.05) is 29.4 Å². The number of anilines is 1. The number of carbonyl (C=O) groups is 1. The summed E-state index contributed by atoms with van der Waals surface area (Å²) in [5.74, 6) is 0.0437. The third-order valence-electron chi connectivity index (χ3n) is 4.60. The lowest BCUT2D eigenvalue weighted by Gasteiger charge is -2.28. The first-order valence-corrected chi connectivity index (χ1v) is 10.9. The third-order valence-corrected chi connectivity index (χ3v) is 7.51. The number of amides is 1. The highest BCUT2D eigenvalue weighted by Gasteiger charge is 2.45. The molecule has 26 heavy (non-hydrogen) atoms. The van der Waals surface area contributed by atoms with Crippen molar-refractivity contribution in [1.82, 2.24) is 9.80 Å². The van der Waals surface area contributed by atoms with Crippen molar-refractivity contribution in [2.75, 3.05) is 11.3 Å². The second-order valence-electron chi connectivity index (χ2n) is 6.31. The minimum atomic E-state index is -3.77. The lowest BCUT2D eigenvalue weighted by molar-refractivity contribution is -0.129. The predicted molar refractivity (Wildman–Crippen MR) is 103 cm³/mol. The molecular formula is C16H17ClN4O3S2.